The number of nitrogen functional groups attached to an aromatic ring is 1. The lowest BCUT2D eigenvalue weighted by Gasteiger charge is -2.05. The van der Waals surface area contributed by atoms with Gasteiger partial charge in [-0.15, -0.1) is 0 Å². The maximum absolute atomic E-state index is 11.4. The Balaban J connectivity index is 2.68. The molecule has 1 heterocycles. The molecule has 82 valence electrons. The number of hydrogen-bond donors (Lipinski definition) is 1. The fraction of sp³-hybridized carbons (Fsp3) is 0.0909. The zero-order valence-corrected chi connectivity index (χ0v) is 9.28. The molecule has 5 heteroatoms. The molecule has 0 aliphatic carbocycles. The highest BCUT2D eigenvalue weighted by Gasteiger charge is 2.12. The number of ether oxygens (including phenoxy) is 1. The molecule has 16 heavy (non-hydrogen) atoms. The summed E-state index contributed by atoms with van der Waals surface area (Å²) in [6, 6.07) is 6.80. The van der Waals surface area contributed by atoms with E-state index in [4.69, 9.17) is 17.3 Å². The van der Waals surface area contributed by atoms with Crippen LogP contribution in [0.25, 0.3) is 10.9 Å². The standard InChI is InChI=1S/C11H9ClN2O2/c1-16-11(15)8-5-6-4-7(12)2-3-9(6)14-10(8)13/h2-5H,1H3,(H2,13,14). The summed E-state index contributed by atoms with van der Waals surface area (Å²) < 4.78 is 4.60. The normalized spacial score (nSPS) is 10.4. The summed E-state index contributed by atoms with van der Waals surface area (Å²) in [6.45, 7) is 0. The van der Waals surface area contributed by atoms with Gasteiger partial charge in [0.05, 0.1) is 12.6 Å². The highest BCUT2D eigenvalue weighted by Crippen LogP contribution is 2.22. The third kappa shape index (κ3) is 1.79. The molecular formula is C11H9ClN2O2. The molecule has 0 saturated carbocycles. The molecule has 0 unspecified atom stereocenters. The van der Waals surface area contributed by atoms with Crippen molar-refractivity contribution in [3.63, 3.8) is 0 Å². The predicted octanol–water partition coefficient (Wildman–Crippen LogP) is 2.26. The van der Waals surface area contributed by atoms with Crippen LogP contribution in [0.5, 0.6) is 0 Å². The first-order valence-electron chi connectivity index (χ1n) is 4.56. The van der Waals surface area contributed by atoms with Gasteiger partial charge in [-0.25, -0.2) is 9.78 Å². The second-order valence-corrected chi connectivity index (χ2v) is 3.69. The van der Waals surface area contributed by atoms with E-state index in [0.29, 0.717) is 10.5 Å². The van der Waals surface area contributed by atoms with E-state index in [-0.39, 0.29) is 11.4 Å². The van der Waals surface area contributed by atoms with Gasteiger partial charge >= 0.3 is 5.97 Å². The van der Waals surface area contributed by atoms with Crippen LogP contribution in [-0.4, -0.2) is 18.1 Å². The summed E-state index contributed by atoms with van der Waals surface area (Å²) in [4.78, 5) is 15.5. The predicted molar refractivity (Wildman–Crippen MR) is 62.5 cm³/mol. The van der Waals surface area contributed by atoms with Crippen LogP contribution in [0.1, 0.15) is 10.4 Å². The molecule has 2 aromatic rings. The van der Waals surface area contributed by atoms with E-state index in [1.807, 2.05) is 0 Å². The van der Waals surface area contributed by atoms with Crippen LogP contribution in [0.2, 0.25) is 5.02 Å². The number of pyridine rings is 1. The van der Waals surface area contributed by atoms with Gasteiger partial charge in [0.1, 0.15) is 11.4 Å². The second kappa shape index (κ2) is 3.98. The molecule has 0 fully saturated rings. The van der Waals surface area contributed by atoms with Crippen molar-refractivity contribution in [1.82, 2.24) is 4.98 Å². The quantitative estimate of drug-likeness (QED) is 0.772. The Kier molecular flexibility index (Phi) is 2.66. The maximum atomic E-state index is 11.4. The highest BCUT2D eigenvalue weighted by atomic mass is 35.5. The second-order valence-electron chi connectivity index (χ2n) is 3.25. The topological polar surface area (TPSA) is 65.2 Å². The van der Waals surface area contributed by atoms with Crippen LogP contribution in [0.4, 0.5) is 5.82 Å². The van der Waals surface area contributed by atoms with Crippen molar-refractivity contribution in [3.05, 3.63) is 34.9 Å². The molecular weight excluding hydrogens is 228 g/mol. The van der Waals surface area contributed by atoms with Crippen LogP contribution in [-0.2, 0) is 4.74 Å². The molecule has 1 aromatic carbocycles. The number of rotatable bonds is 1. The Bertz CT molecular complexity index is 569. The number of hydrogen-bond acceptors (Lipinski definition) is 4. The number of methoxy groups -OCH3 is 1. The Morgan fingerprint density at radius 3 is 2.88 bits per heavy atom. The molecule has 0 aliphatic heterocycles. The van der Waals surface area contributed by atoms with Crippen molar-refractivity contribution in [2.24, 2.45) is 0 Å². The van der Waals surface area contributed by atoms with Crippen LogP contribution in [0.3, 0.4) is 0 Å². The van der Waals surface area contributed by atoms with Crippen molar-refractivity contribution in [2.45, 2.75) is 0 Å². The minimum Gasteiger partial charge on any atom is -0.465 e. The van der Waals surface area contributed by atoms with Gasteiger partial charge in [-0.2, -0.15) is 0 Å². The fourth-order valence-electron chi connectivity index (χ4n) is 1.44. The maximum Gasteiger partial charge on any atom is 0.341 e. The number of anilines is 1. The first-order valence-corrected chi connectivity index (χ1v) is 4.93. The summed E-state index contributed by atoms with van der Waals surface area (Å²) in [5.41, 5.74) is 6.59. The molecule has 0 atom stereocenters. The molecule has 4 nitrogen and oxygen atoms in total. The summed E-state index contributed by atoms with van der Waals surface area (Å²) >= 11 is 5.85. The number of carbonyl (C=O) groups is 1. The van der Waals surface area contributed by atoms with Gasteiger partial charge in [0, 0.05) is 10.4 Å². The molecule has 0 saturated heterocycles. The molecule has 0 spiro atoms. The number of carbonyl (C=O) groups excluding carboxylic acids is 1. The van der Waals surface area contributed by atoms with E-state index in [1.165, 1.54) is 7.11 Å². The molecule has 1 aromatic heterocycles. The van der Waals surface area contributed by atoms with Gasteiger partial charge in [-0.3, -0.25) is 0 Å². The van der Waals surface area contributed by atoms with E-state index in [9.17, 15) is 4.79 Å². The van der Waals surface area contributed by atoms with E-state index < -0.39 is 5.97 Å². The average molecular weight is 237 g/mol. The lowest BCUT2D eigenvalue weighted by molar-refractivity contribution is 0.0602. The minimum atomic E-state index is -0.508. The molecule has 0 bridgehead atoms. The SMILES string of the molecule is COC(=O)c1cc2cc(Cl)ccc2nc1N. The van der Waals surface area contributed by atoms with E-state index in [2.05, 4.69) is 9.72 Å². The van der Waals surface area contributed by atoms with Crippen molar-refractivity contribution in [2.75, 3.05) is 12.8 Å². The molecule has 0 aliphatic rings. The first-order chi connectivity index (χ1) is 7.61. The average Bonchev–Trinajstić information content (AvgIpc) is 2.28. The molecule has 2 rings (SSSR count). The summed E-state index contributed by atoms with van der Waals surface area (Å²) in [5.74, 6) is -0.353. The van der Waals surface area contributed by atoms with Crippen LogP contribution >= 0.6 is 11.6 Å². The highest BCUT2D eigenvalue weighted by molar-refractivity contribution is 6.31. The van der Waals surface area contributed by atoms with E-state index in [1.54, 1.807) is 24.3 Å². The van der Waals surface area contributed by atoms with Crippen LogP contribution in [0.15, 0.2) is 24.3 Å². The monoisotopic (exact) mass is 236 g/mol. The summed E-state index contributed by atoms with van der Waals surface area (Å²) in [7, 11) is 1.30. The third-order valence-electron chi connectivity index (χ3n) is 2.21. The van der Waals surface area contributed by atoms with Gasteiger partial charge in [0.25, 0.3) is 0 Å². The number of halogens is 1. The van der Waals surface area contributed by atoms with Gasteiger partial charge in [0.15, 0.2) is 0 Å². The number of nitrogens with zero attached hydrogens (tertiary/aromatic N) is 1. The Hall–Kier alpha value is -1.81. The number of fused-ring (bicyclic) bond motifs is 1. The van der Waals surface area contributed by atoms with E-state index in [0.717, 1.165) is 5.39 Å². The summed E-state index contributed by atoms with van der Waals surface area (Å²) in [5, 5.41) is 1.33. The smallest absolute Gasteiger partial charge is 0.341 e. The number of aromatic nitrogens is 1. The van der Waals surface area contributed by atoms with Gasteiger partial charge < -0.3 is 10.5 Å². The number of nitrogens with two attached hydrogens (primary N) is 1. The number of esters is 1. The Morgan fingerprint density at radius 2 is 2.19 bits per heavy atom. The van der Waals surface area contributed by atoms with Crippen molar-refractivity contribution in [1.29, 1.82) is 0 Å². The largest absolute Gasteiger partial charge is 0.465 e. The van der Waals surface area contributed by atoms with Crippen LogP contribution in [0, 0.1) is 0 Å². The van der Waals surface area contributed by atoms with Gasteiger partial charge in [-0.1, -0.05) is 11.6 Å². The molecule has 0 radical (unpaired) electrons. The molecule has 0 amide bonds. The Morgan fingerprint density at radius 1 is 1.44 bits per heavy atom. The first kappa shape index (κ1) is 10.7. The lowest BCUT2D eigenvalue weighted by Crippen LogP contribution is -2.07. The van der Waals surface area contributed by atoms with E-state index >= 15 is 0 Å². The van der Waals surface area contributed by atoms with Crippen LogP contribution < -0.4 is 5.73 Å². The molecule has 2 N–H and O–H groups in total. The summed E-state index contributed by atoms with van der Waals surface area (Å²) in [6.07, 6.45) is 0. The Labute approximate surface area is 97.0 Å². The number of benzene rings is 1. The van der Waals surface area contributed by atoms with Crippen molar-refractivity contribution in [3.8, 4) is 0 Å². The van der Waals surface area contributed by atoms with Gasteiger partial charge in [-0.05, 0) is 24.3 Å². The zero-order valence-electron chi connectivity index (χ0n) is 8.53. The zero-order chi connectivity index (χ0) is 11.7. The third-order valence-corrected chi connectivity index (χ3v) is 2.45. The van der Waals surface area contributed by atoms with Crippen molar-refractivity contribution >= 4 is 34.3 Å². The minimum absolute atomic E-state index is 0.154. The lowest BCUT2D eigenvalue weighted by atomic mass is 10.1. The fourth-order valence-corrected chi connectivity index (χ4v) is 1.62. The van der Waals surface area contributed by atoms with Crippen molar-refractivity contribution < 1.29 is 9.53 Å². The van der Waals surface area contributed by atoms with Gasteiger partial charge in [0.2, 0.25) is 0 Å².